The van der Waals surface area contributed by atoms with E-state index >= 15 is 0 Å². The van der Waals surface area contributed by atoms with Crippen LogP contribution in [0.15, 0.2) is 42.6 Å². The molecule has 5 nitrogen and oxygen atoms in total. The molecule has 4 rings (SSSR count). The van der Waals surface area contributed by atoms with E-state index in [1.807, 2.05) is 30.3 Å². The highest BCUT2D eigenvalue weighted by molar-refractivity contribution is 6.02. The Morgan fingerprint density at radius 2 is 2.00 bits per heavy atom. The van der Waals surface area contributed by atoms with E-state index in [0.717, 1.165) is 5.56 Å². The van der Waals surface area contributed by atoms with E-state index in [1.165, 1.54) is 0 Å². The lowest BCUT2D eigenvalue weighted by Gasteiger charge is -2.23. The predicted octanol–water partition coefficient (Wildman–Crippen LogP) is 2.56. The fourth-order valence-electron chi connectivity index (χ4n) is 3.61. The number of hydrogen-bond acceptors (Lipinski definition) is 4. The molecule has 2 aliphatic rings. The van der Waals surface area contributed by atoms with Gasteiger partial charge in [-0.3, -0.25) is 9.59 Å². The normalized spacial score (nSPS) is 22.3. The number of rotatable bonds is 3. The van der Waals surface area contributed by atoms with Crippen LogP contribution in [0, 0.1) is 0 Å². The van der Waals surface area contributed by atoms with E-state index in [-0.39, 0.29) is 23.7 Å². The molecule has 2 atom stereocenters. The summed E-state index contributed by atoms with van der Waals surface area (Å²) in [5, 5.41) is 0. The lowest BCUT2D eigenvalue weighted by atomic mass is 9.93. The summed E-state index contributed by atoms with van der Waals surface area (Å²) in [6.07, 6.45) is 2.65. The lowest BCUT2D eigenvalue weighted by Crippen LogP contribution is -2.35. The van der Waals surface area contributed by atoms with Gasteiger partial charge < -0.3 is 9.64 Å². The third-order valence-electron chi connectivity index (χ3n) is 4.95. The maximum Gasteiger partial charge on any atom is 0.254 e. The molecule has 1 aromatic carbocycles. The van der Waals surface area contributed by atoms with Crippen molar-refractivity contribution >= 4 is 11.7 Å². The van der Waals surface area contributed by atoms with Gasteiger partial charge in [-0.25, -0.2) is 4.98 Å². The molecule has 1 saturated carbocycles. The Morgan fingerprint density at radius 1 is 1.21 bits per heavy atom. The van der Waals surface area contributed by atoms with E-state index in [9.17, 15) is 9.59 Å². The van der Waals surface area contributed by atoms with Crippen LogP contribution in [0.1, 0.15) is 40.2 Å². The maximum atomic E-state index is 12.7. The zero-order chi connectivity index (χ0) is 16.7. The molecule has 2 bridgehead atoms. The van der Waals surface area contributed by atoms with Gasteiger partial charge in [0.25, 0.3) is 5.91 Å². The molecule has 1 amide bonds. The molecule has 5 heteroatoms. The number of ether oxygens (including phenoxy) is 1. The Morgan fingerprint density at radius 3 is 2.79 bits per heavy atom. The zero-order valence-electron chi connectivity index (χ0n) is 13.4. The van der Waals surface area contributed by atoms with E-state index in [4.69, 9.17) is 4.74 Å². The number of fused-ring (bicyclic) bond motifs is 4. The van der Waals surface area contributed by atoms with Crippen LogP contribution in [0.25, 0.3) is 0 Å². The first-order valence-corrected chi connectivity index (χ1v) is 8.10. The van der Waals surface area contributed by atoms with Gasteiger partial charge in [-0.2, -0.15) is 0 Å². The number of benzene rings is 1. The molecule has 2 heterocycles. The first kappa shape index (κ1) is 14.9. The second-order valence-electron chi connectivity index (χ2n) is 6.38. The van der Waals surface area contributed by atoms with Crippen LogP contribution < -0.4 is 4.74 Å². The number of aromatic nitrogens is 1. The SMILES string of the molecule is CN1C(=O)c2ccnc(OCc3ccccc3)c2C2CC1CC2=O. The van der Waals surface area contributed by atoms with Gasteiger partial charge in [-0.15, -0.1) is 0 Å². The van der Waals surface area contributed by atoms with Gasteiger partial charge >= 0.3 is 0 Å². The number of Topliss-reactive ketones (excluding diaryl/α,β-unsaturated/α-hetero) is 1. The van der Waals surface area contributed by atoms with Gasteiger partial charge in [-0.05, 0) is 18.1 Å². The summed E-state index contributed by atoms with van der Waals surface area (Å²) >= 11 is 0. The second kappa shape index (κ2) is 5.74. The average molecular weight is 322 g/mol. The molecule has 0 radical (unpaired) electrons. The predicted molar refractivity (Wildman–Crippen MR) is 87.9 cm³/mol. The van der Waals surface area contributed by atoms with Crippen LogP contribution in [0.4, 0.5) is 0 Å². The third kappa shape index (κ3) is 2.37. The molecule has 1 fully saturated rings. The summed E-state index contributed by atoms with van der Waals surface area (Å²) in [4.78, 5) is 31.1. The third-order valence-corrected chi connectivity index (χ3v) is 4.95. The number of carbonyl (C=O) groups excluding carboxylic acids is 2. The number of pyridine rings is 1. The van der Waals surface area contributed by atoms with Crippen LogP contribution >= 0.6 is 0 Å². The Balaban J connectivity index is 1.72. The van der Waals surface area contributed by atoms with Gasteiger partial charge in [0, 0.05) is 31.3 Å². The first-order chi connectivity index (χ1) is 11.6. The lowest BCUT2D eigenvalue weighted by molar-refractivity contribution is -0.118. The van der Waals surface area contributed by atoms with Crippen LogP contribution in [0.2, 0.25) is 0 Å². The maximum absolute atomic E-state index is 12.7. The molecule has 2 unspecified atom stereocenters. The average Bonchev–Trinajstić information content (AvgIpc) is 2.96. The molecule has 2 aromatic rings. The van der Waals surface area contributed by atoms with E-state index < -0.39 is 0 Å². The topological polar surface area (TPSA) is 59.5 Å². The molecular weight excluding hydrogens is 304 g/mol. The molecule has 1 aliphatic carbocycles. The second-order valence-corrected chi connectivity index (χ2v) is 6.38. The number of hydrogen-bond donors (Lipinski definition) is 0. The van der Waals surface area contributed by atoms with Crippen molar-refractivity contribution in [2.45, 2.75) is 31.4 Å². The van der Waals surface area contributed by atoms with Crippen LogP contribution in [-0.2, 0) is 11.4 Å². The first-order valence-electron chi connectivity index (χ1n) is 8.10. The quantitative estimate of drug-likeness (QED) is 0.871. The number of ketones is 1. The number of amides is 1. The molecule has 1 aromatic heterocycles. The fraction of sp³-hybridized carbons (Fsp3) is 0.316. The largest absolute Gasteiger partial charge is 0.473 e. The summed E-state index contributed by atoms with van der Waals surface area (Å²) in [7, 11) is 1.77. The fourth-order valence-corrected chi connectivity index (χ4v) is 3.61. The van der Waals surface area contributed by atoms with Gasteiger partial charge in [0.05, 0.1) is 11.5 Å². The Bertz CT molecular complexity index is 804. The molecule has 0 saturated heterocycles. The van der Waals surface area contributed by atoms with Crippen molar-refractivity contribution in [2.75, 3.05) is 7.05 Å². The monoisotopic (exact) mass is 322 g/mol. The van der Waals surface area contributed by atoms with Crippen molar-refractivity contribution in [3.8, 4) is 5.88 Å². The summed E-state index contributed by atoms with van der Waals surface area (Å²) in [6.45, 7) is 0.360. The Labute approximate surface area is 140 Å². The van der Waals surface area contributed by atoms with E-state index in [1.54, 1.807) is 24.2 Å². The van der Waals surface area contributed by atoms with Gasteiger partial charge in [0.15, 0.2) is 0 Å². The van der Waals surface area contributed by atoms with E-state index in [0.29, 0.717) is 36.5 Å². The Kier molecular flexibility index (Phi) is 3.56. The highest BCUT2D eigenvalue weighted by Gasteiger charge is 2.44. The summed E-state index contributed by atoms with van der Waals surface area (Å²) < 4.78 is 5.89. The molecule has 0 N–H and O–H groups in total. The molecule has 1 aliphatic heterocycles. The standard InChI is InChI=1S/C19H18N2O3/c1-21-13-9-15(16(22)10-13)17-14(19(21)23)7-8-20-18(17)24-11-12-5-3-2-4-6-12/h2-8,13,15H,9-11H2,1H3. The van der Waals surface area contributed by atoms with E-state index in [2.05, 4.69) is 4.98 Å². The minimum absolute atomic E-state index is 0.0237. The van der Waals surface area contributed by atoms with Gasteiger partial charge in [0.1, 0.15) is 12.4 Å². The zero-order valence-corrected chi connectivity index (χ0v) is 13.4. The van der Waals surface area contributed by atoms with Crippen LogP contribution in [0.3, 0.4) is 0 Å². The van der Waals surface area contributed by atoms with Crippen molar-refractivity contribution in [2.24, 2.45) is 0 Å². The van der Waals surface area contributed by atoms with Crippen LogP contribution in [0.5, 0.6) is 5.88 Å². The smallest absolute Gasteiger partial charge is 0.254 e. The van der Waals surface area contributed by atoms with Gasteiger partial charge in [-0.1, -0.05) is 30.3 Å². The Hall–Kier alpha value is -2.69. The molecule has 24 heavy (non-hydrogen) atoms. The molecule has 122 valence electrons. The van der Waals surface area contributed by atoms with Crippen molar-refractivity contribution in [3.63, 3.8) is 0 Å². The molecule has 0 spiro atoms. The summed E-state index contributed by atoms with van der Waals surface area (Å²) in [5.41, 5.74) is 2.22. The van der Waals surface area contributed by atoms with Crippen molar-refractivity contribution in [1.82, 2.24) is 9.88 Å². The summed E-state index contributed by atoms with van der Waals surface area (Å²) in [6, 6.07) is 11.4. The number of carbonyl (C=O) groups is 2. The van der Waals surface area contributed by atoms with Gasteiger partial charge in [0.2, 0.25) is 5.88 Å². The number of nitrogens with zero attached hydrogens (tertiary/aromatic N) is 2. The van der Waals surface area contributed by atoms with Crippen molar-refractivity contribution in [1.29, 1.82) is 0 Å². The molecular formula is C19H18N2O3. The minimum Gasteiger partial charge on any atom is -0.473 e. The summed E-state index contributed by atoms with van der Waals surface area (Å²) in [5.74, 6) is 0.215. The minimum atomic E-state index is -0.293. The highest BCUT2D eigenvalue weighted by atomic mass is 16.5. The van der Waals surface area contributed by atoms with Crippen LogP contribution in [-0.4, -0.2) is 34.7 Å². The van der Waals surface area contributed by atoms with Crippen molar-refractivity contribution in [3.05, 3.63) is 59.3 Å². The highest BCUT2D eigenvalue weighted by Crippen LogP contribution is 2.42. The van der Waals surface area contributed by atoms with Crippen molar-refractivity contribution < 1.29 is 14.3 Å².